The first-order valence-electron chi connectivity index (χ1n) is 10.2. The van der Waals surface area contributed by atoms with Crippen LogP contribution in [0.4, 0.5) is 0 Å². The molecule has 150 valence electrons. The number of fused-ring (bicyclic) bond motifs is 2. The highest BCUT2D eigenvalue weighted by Crippen LogP contribution is 2.26. The van der Waals surface area contributed by atoms with E-state index >= 15 is 0 Å². The highest BCUT2D eigenvalue weighted by atomic mass is 16.2. The number of aromatic nitrogens is 5. The molecule has 2 aliphatic heterocycles. The Hall–Kier alpha value is -3.00. The van der Waals surface area contributed by atoms with Crippen LogP contribution in [-0.4, -0.2) is 54.8 Å². The Kier molecular flexibility index (Phi) is 4.63. The van der Waals surface area contributed by atoms with Crippen molar-refractivity contribution in [3.63, 3.8) is 0 Å². The molecule has 0 fully saturated rings. The minimum Gasteiger partial charge on any atom is -0.333 e. The van der Waals surface area contributed by atoms with Crippen LogP contribution in [0.1, 0.15) is 39.6 Å². The second-order valence-corrected chi connectivity index (χ2v) is 7.80. The molecule has 0 unspecified atom stereocenters. The Labute approximate surface area is 169 Å². The lowest BCUT2D eigenvalue weighted by atomic mass is 10.0. The molecule has 0 saturated carbocycles. The van der Waals surface area contributed by atoms with Crippen molar-refractivity contribution in [1.82, 2.24) is 34.5 Å². The standard InChI is InChI=1S/C21H25N7O/c1-15-24-25-20-14-27(12-17(28(15)20)11-16-5-3-2-4-6-16)21(29)18-13-26-10-9-22-8-7-19(26)23-18/h2-6,13,17,22H,7-12,14H2,1H3/t17-/m1/s1. The van der Waals surface area contributed by atoms with E-state index in [2.05, 4.69) is 41.8 Å². The fourth-order valence-electron chi connectivity index (χ4n) is 4.40. The zero-order valence-electron chi connectivity index (χ0n) is 16.6. The lowest BCUT2D eigenvalue weighted by Crippen LogP contribution is -2.42. The van der Waals surface area contributed by atoms with E-state index < -0.39 is 0 Å². The number of nitrogens with zero attached hydrogens (tertiary/aromatic N) is 6. The minimum absolute atomic E-state index is 0.0245. The summed E-state index contributed by atoms with van der Waals surface area (Å²) in [5.74, 6) is 2.70. The SMILES string of the molecule is Cc1nnc2n1[C@H](Cc1ccccc1)CN(C(=O)c1cn3c(n1)CCNCC3)C2. The summed E-state index contributed by atoms with van der Waals surface area (Å²) < 4.78 is 4.29. The molecule has 5 rings (SSSR count). The zero-order valence-corrected chi connectivity index (χ0v) is 16.6. The van der Waals surface area contributed by atoms with Gasteiger partial charge < -0.3 is 19.4 Å². The molecule has 1 aromatic carbocycles. The largest absolute Gasteiger partial charge is 0.333 e. The van der Waals surface area contributed by atoms with Crippen molar-refractivity contribution >= 4 is 5.91 Å². The van der Waals surface area contributed by atoms with E-state index in [9.17, 15) is 4.79 Å². The maximum atomic E-state index is 13.3. The lowest BCUT2D eigenvalue weighted by Gasteiger charge is -2.34. The van der Waals surface area contributed by atoms with Gasteiger partial charge in [0.2, 0.25) is 0 Å². The van der Waals surface area contributed by atoms with E-state index in [1.165, 1.54) is 5.56 Å². The van der Waals surface area contributed by atoms with Crippen LogP contribution in [-0.2, 0) is 25.9 Å². The third-order valence-corrected chi connectivity index (χ3v) is 5.80. The Morgan fingerprint density at radius 3 is 2.90 bits per heavy atom. The lowest BCUT2D eigenvalue weighted by molar-refractivity contribution is 0.0666. The Balaban J connectivity index is 1.42. The number of aryl methyl sites for hydroxylation is 1. The van der Waals surface area contributed by atoms with Crippen LogP contribution in [0.25, 0.3) is 0 Å². The van der Waals surface area contributed by atoms with E-state index in [1.807, 2.05) is 36.2 Å². The van der Waals surface area contributed by atoms with Crippen molar-refractivity contribution in [3.8, 4) is 0 Å². The van der Waals surface area contributed by atoms with Gasteiger partial charge in [0.1, 0.15) is 17.3 Å². The van der Waals surface area contributed by atoms with Crippen LogP contribution in [0.2, 0.25) is 0 Å². The molecule has 4 heterocycles. The summed E-state index contributed by atoms with van der Waals surface area (Å²) in [6, 6.07) is 10.5. The molecule has 0 spiro atoms. The van der Waals surface area contributed by atoms with Crippen LogP contribution < -0.4 is 5.32 Å². The summed E-state index contributed by atoms with van der Waals surface area (Å²) in [6.07, 6.45) is 3.58. The smallest absolute Gasteiger partial charge is 0.274 e. The van der Waals surface area contributed by atoms with Gasteiger partial charge in [-0.15, -0.1) is 10.2 Å². The zero-order chi connectivity index (χ0) is 19.8. The minimum atomic E-state index is -0.0245. The third kappa shape index (κ3) is 3.44. The van der Waals surface area contributed by atoms with Crippen molar-refractivity contribution < 1.29 is 4.79 Å². The quantitative estimate of drug-likeness (QED) is 0.729. The van der Waals surface area contributed by atoms with Gasteiger partial charge in [-0.2, -0.15) is 0 Å². The topological polar surface area (TPSA) is 80.9 Å². The van der Waals surface area contributed by atoms with Gasteiger partial charge in [0.25, 0.3) is 5.91 Å². The Bertz CT molecular complexity index is 1000. The second kappa shape index (κ2) is 7.44. The van der Waals surface area contributed by atoms with Gasteiger partial charge in [-0.25, -0.2) is 4.98 Å². The van der Waals surface area contributed by atoms with Gasteiger partial charge in [0, 0.05) is 38.8 Å². The number of amides is 1. The van der Waals surface area contributed by atoms with Gasteiger partial charge in [-0.1, -0.05) is 30.3 Å². The first kappa shape index (κ1) is 18.1. The van der Waals surface area contributed by atoms with Crippen LogP contribution in [0.5, 0.6) is 0 Å². The number of hydrogen-bond donors (Lipinski definition) is 1. The number of imidazole rings is 1. The number of carbonyl (C=O) groups is 1. The molecule has 1 atom stereocenters. The number of rotatable bonds is 3. The van der Waals surface area contributed by atoms with Gasteiger partial charge in [0.15, 0.2) is 5.82 Å². The highest BCUT2D eigenvalue weighted by Gasteiger charge is 2.32. The van der Waals surface area contributed by atoms with E-state index in [-0.39, 0.29) is 11.9 Å². The number of nitrogens with one attached hydrogen (secondary N) is 1. The number of benzene rings is 1. The van der Waals surface area contributed by atoms with Crippen LogP contribution in [0, 0.1) is 6.92 Å². The fraction of sp³-hybridized carbons (Fsp3) is 0.429. The summed E-state index contributed by atoms with van der Waals surface area (Å²) in [4.78, 5) is 19.8. The summed E-state index contributed by atoms with van der Waals surface area (Å²) in [7, 11) is 0. The van der Waals surface area contributed by atoms with Gasteiger partial charge in [0.05, 0.1) is 12.6 Å². The van der Waals surface area contributed by atoms with Gasteiger partial charge in [-0.05, 0) is 18.9 Å². The predicted octanol–water partition coefficient (Wildman–Crippen LogP) is 1.37. The van der Waals surface area contributed by atoms with Crippen molar-refractivity contribution in [3.05, 3.63) is 65.3 Å². The molecule has 3 aromatic rings. The third-order valence-electron chi connectivity index (χ3n) is 5.80. The van der Waals surface area contributed by atoms with Crippen molar-refractivity contribution in [2.24, 2.45) is 0 Å². The van der Waals surface area contributed by atoms with E-state index in [4.69, 9.17) is 0 Å². The second-order valence-electron chi connectivity index (χ2n) is 7.80. The van der Waals surface area contributed by atoms with Crippen molar-refractivity contribution in [2.75, 3.05) is 19.6 Å². The molecule has 2 aliphatic rings. The van der Waals surface area contributed by atoms with Crippen LogP contribution in [0.15, 0.2) is 36.5 Å². The number of hydrogen-bond acceptors (Lipinski definition) is 5. The predicted molar refractivity (Wildman–Crippen MR) is 107 cm³/mol. The Morgan fingerprint density at radius 2 is 2.03 bits per heavy atom. The molecule has 0 saturated heterocycles. The maximum absolute atomic E-state index is 13.3. The van der Waals surface area contributed by atoms with Gasteiger partial charge in [-0.3, -0.25) is 4.79 Å². The summed E-state index contributed by atoms with van der Waals surface area (Å²) >= 11 is 0. The first-order chi connectivity index (χ1) is 14.2. The highest BCUT2D eigenvalue weighted by molar-refractivity contribution is 5.92. The maximum Gasteiger partial charge on any atom is 0.274 e. The van der Waals surface area contributed by atoms with Crippen molar-refractivity contribution in [1.29, 1.82) is 0 Å². The molecule has 29 heavy (non-hydrogen) atoms. The summed E-state index contributed by atoms with van der Waals surface area (Å²) in [6.45, 7) is 5.72. The van der Waals surface area contributed by atoms with Crippen molar-refractivity contribution in [2.45, 2.75) is 38.9 Å². The molecule has 2 aromatic heterocycles. The van der Waals surface area contributed by atoms with Crippen LogP contribution in [0.3, 0.4) is 0 Å². The fourth-order valence-corrected chi connectivity index (χ4v) is 4.40. The molecule has 0 radical (unpaired) electrons. The molecule has 1 amide bonds. The average Bonchev–Trinajstić information content (AvgIpc) is 3.25. The molecule has 0 bridgehead atoms. The summed E-state index contributed by atoms with van der Waals surface area (Å²) in [5.41, 5.74) is 1.78. The van der Waals surface area contributed by atoms with E-state index in [1.54, 1.807) is 0 Å². The molecule has 0 aliphatic carbocycles. The molecule has 8 nitrogen and oxygen atoms in total. The monoisotopic (exact) mass is 391 g/mol. The Morgan fingerprint density at radius 1 is 1.17 bits per heavy atom. The van der Waals surface area contributed by atoms with E-state index in [0.717, 1.165) is 49.9 Å². The molecule has 1 N–H and O–H groups in total. The van der Waals surface area contributed by atoms with E-state index in [0.29, 0.717) is 18.8 Å². The normalized spacial score (nSPS) is 18.8. The first-order valence-corrected chi connectivity index (χ1v) is 10.2. The molecular weight excluding hydrogens is 366 g/mol. The van der Waals surface area contributed by atoms with Gasteiger partial charge >= 0.3 is 0 Å². The average molecular weight is 391 g/mol. The number of carbonyl (C=O) groups excluding carboxylic acids is 1. The molecular formula is C21H25N7O. The molecule has 8 heteroatoms. The van der Waals surface area contributed by atoms with Crippen LogP contribution >= 0.6 is 0 Å². The summed E-state index contributed by atoms with van der Waals surface area (Å²) in [5, 5.41) is 12.0.